The van der Waals surface area contributed by atoms with Gasteiger partial charge in [0.15, 0.2) is 0 Å². The van der Waals surface area contributed by atoms with E-state index in [9.17, 15) is 8.42 Å². The normalized spacial score (nSPS) is 19.2. The van der Waals surface area contributed by atoms with Crippen LogP contribution in [-0.4, -0.2) is 51.8 Å². The zero-order valence-corrected chi connectivity index (χ0v) is 15.6. The largest absolute Gasteiger partial charge is 0.272 e. The molecule has 1 fully saturated rings. The molecule has 0 bridgehead atoms. The van der Waals surface area contributed by atoms with Gasteiger partial charge in [-0.05, 0) is 31.6 Å². The summed E-state index contributed by atoms with van der Waals surface area (Å²) in [7, 11) is -3.13. The summed E-state index contributed by atoms with van der Waals surface area (Å²) in [5.41, 5.74) is 2.73. The fraction of sp³-hybridized carbons (Fsp3) is 0.588. The van der Waals surface area contributed by atoms with Gasteiger partial charge in [-0.15, -0.1) is 0 Å². The molecule has 3 rings (SSSR count). The third-order valence-corrected chi connectivity index (χ3v) is 5.84. The molecule has 0 radical (unpaired) electrons. The molecular weight excluding hydrogens is 338 g/mol. The van der Waals surface area contributed by atoms with Crippen LogP contribution in [0, 0.1) is 5.92 Å². The fourth-order valence-electron chi connectivity index (χ4n) is 3.36. The molecule has 0 N–H and O–H groups in total. The molecule has 1 aliphatic heterocycles. The summed E-state index contributed by atoms with van der Waals surface area (Å²) < 4.78 is 27.1. The van der Waals surface area contributed by atoms with E-state index in [4.69, 9.17) is 0 Å². The van der Waals surface area contributed by atoms with Crippen LogP contribution in [0.15, 0.2) is 24.8 Å². The summed E-state index contributed by atoms with van der Waals surface area (Å²) in [6, 6.07) is 0. The number of hydrogen-bond donors (Lipinski definition) is 0. The van der Waals surface area contributed by atoms with Crippen molar-refractivity contribution in [1.29, 1.82) is 0 Å². The molecule has 2 aromatic heterocycles. The molecule has 0 saturated carbocycles. The van der Waals surface area contributed by atoms with Gasteiger partial charge in [-0.2, -0.15) is 5.10 Å². The van der Waals surface area contributed by atoms with Crippen molar-refractivity contribution in [3.05, 3.63) is 30.5 Å². The van der Waals surface area contributed by atoms with Crippen LogP contribution in [-0.2, 0) is 23.0 Å². The minimum atomic E-state index is -3.13. The third kappa shape index (κ3) is 4.43. The van der Waals surface area contributed by atoms with Gasteiger partial charge in [-0.1, -0.05) is 6.92 Å². The van der Waals surface area contributed by atoms with E-state index in [0.29, 0.717) is 13.1 Å². The molecular formula is C17H25N5O2S. The molecule has 3 heterocycles. The molecule has 1 saturated heterocycles. The van der Waals surface area contributed by atoms with Gasteiger partial charge in [0.1, 0.15) is 0 Å². The molecule has 0 unspecified atom stereocenters. The zero-order chi connectivity index (χ0) is 17.9. The maximum absolute atomic E-state index is 11.8. The van der Waals surface area contributed by atoms with Crippen molar-refractivity contribution in [2.45, 2.75) is 39.2 Å². The lowest BCUT2D eigenvalue weighted by Gasteiger charge is -2.30. The summed E-state index contributed by atoms with van der Waals surface area (Å²) >= 11 is 0. The highest BCUT2D eigenvalue weighted by Gasteiger charge is 2.27. The van der Waals surface area contributed by atoms with Gasteiger partial charge in [0.2, 0.25) is 10.0 Å². The van der Waals surface area contributed by atoms with Crippen LogP contribution in [0.2, 0.25) is 0 Å². The zero-order valence-electron chi connectivity index (χ0n) is 14.8. The van der Waals surface area contributed by atoms with Crippen LogP contribution >= 0.6 is 0 Å². The lowest BCUT2D eigenvalue weighted by Crippen LogP contribution is -2.39. The lowest BCUT2D eigenvalue weighted by molar-refractivity contribution is 0.265. The predicted octanol–water partition coefficient (Wildman–Crippen LogP) is 1.96. The van der Waals surface area contributed by atoms with E-state index in [1.54, 1.807) is 16.7 Å². The van der Waals surface area contributed by atoms with Crippen molar-refractivity contribution in [3.63, 3.8) is 0 Å². The van der Waals surface area contributed by atoms with E-state index in [-0.39, 0.29) is 5.92 Å². The molecule has 1 atom stereocenters. The second-order valence-corrected chi connectivity index (χ2v) is 8.66. The maximum atomic E-state index is 11.8. The minimum Gasteiger partial charge on any atom is -0.272 e. The predicted molar refractivity (Wildman–Crippen MR) is 96.4 cm³/mol. The first-order chi connectivity index (χ1) is 12.0. The van der Waals surface area contributed by atoms with E-state index < -0.39 is 10.0 Å². The molecule has 0 aliphatic carbocycles. The van der Waals surface area contributed by atoms with Gasteiger partial charge < -0.3 is 0 Å². The summed E-state index contributed by atoms with van der Waals surface area (Å²) in [5.74, 6) is 0.268. The second kappa shape index (κ2) is 7.61. The summed E-state index contributed by atoms with van der Waals surface area (Å²) in [6.45, 7) is 4.17. The standard InChI is InChI=1S/C17H25N5O2S/c1-3-8-21-13-15(11-20-21)17-16(18-6-7-19-17)10-14-5-4-9-22(12-14)25(2,23)24/h6-7,11,13-14H,3-5,8-10,12H2,1-2H3/t14-/m1/s1. The Morgan fingerprint density at radius 2 is 2.08 bits per heavy atom. The van der Waals surface area contributed by atoms with Crippen LogP contribution in [0.3, 0.4) is 0 Å². The molecule has 7 nitrogen and oxygen atoms in total. The van der Waals surface area contributed by atoms with Gasteiger partial charge in [0, 0.05) is 43.8 Å². The van der Waals surface area contributed by atoms with Crippen LogP contribution in [0.1, 0.15) is 31.9 Å². The van der Waals surface area contributed by atoms with Crippen molar-refractivity contribution in [2.24, 2.45) is 5.92 Å². The molecule has 0 amide bonds. The summed E-state index contributed by atoms with van der Waals surface area (Å²) in [4.78, 5) is 9.03. The second-order valence-electron chi connectivity index (χ2n) is 6.68. The third-order valence-electron chi connectivity index (χ3n) is 4.57. The molecule has 136 valence electrons. The molecule has 2 aromatic rings. The number of aromatic nitrogens is 4. The number of aryl methyl sites for hydroxylation is 1. The van der Waals surface area contributed by atoms with Gasteiger partial charge in [0.05, 0.1) is 23.8 Å². The Morgan fingerprint density at radius 3 is 2.84 bits per heavy atom. The average molecular weight is 363 g/mol. The topological polar surface area (TPSA) is 81.0 Å². The Bertz CT molecular complexity index is 818. The average Bonchev–Trinajstić information content (AvgIpc) is 3.04. The Balaban J connectivity index is 1.79. The first kappa shape index (κ1) is 18.0. The van der Waals surface area contributed by atoms with E-state index in [2.05, 4.69) is 22.0 Å². The van der Waals surface area contributed by atoms with Crippen LogP contribution in [0.25, 0.3) is 11.3 Å². The number of sulfonamides is 1. The number of nitrogens with zero attached hydrogens (tertiary/aromatic N) is 5. The minimum absolute atomic E-state index is 0.268. The van der Waals surface area contributed by atoms with Crippen LogP contribution < -0.4 is 0 Å². The van der Waals surface area contributed by atoms with Gasteiger partial charge in [-0.3, -0.25) is 14.6 Å². The molecule has 0 aromatic carbocycles. The van der Waals surface area contributed by atoms with Crippen molar-refractivity contribution in [1.82, 2.24) is 24.1 Å². The van der Waals surface area contributed by atoms with Crippen LogP contribution in [0.4, 0.5) is 0 Å². The Morgan fingerprint density at radius 1 is 1.28 bits per heavy atom. The van der Waals surface area contributed by atoms with Gasteiger partial charge >= 0.3 is 0 Å². The summed E-state index contributed by atoms with van der Waals surface area (Å²) in [6.07, 6.45) is 12.2. The molecule has 0 spiro atoms. The number of hydrogen-bond acceptors (Lipinski definition) is 5. The first-order valence-electron chi connectivity index (χ1n) is 8.75. The van der Waals surface area contributed by atoms with Crippen LogP contribution in [0.5, 0.6) is 0 Å². The highest BCUT2D eigenvalue weighted by Crippen LogP contribution is 2.26. The fourth-order valence-corrected chi connectivity index (χ4v) is 4.31. The van der Waals surface area contributed by atoms with Crippen molar-refractivity contribution >= 4 is 10.0 Å². The van der Waals surface area contributed by atoms with Gasteiger partial charge in [-0.25, -0.2) is 12.7 Å². The number of piperidine rings is 1. The first-order valence-corrected chi connectivity index (χ1v) is 10.6. The van der Waals surface area contributed by atoms with E-state index in [0.717, 1.165) is 49.2 Å². The SMILES string of the molecule is CCCn1cc(-c2nccnc2C[C@H]2CCCN(S(C)(=O)=O)C2)cn1. The Labute approximate surface area is 149 Å². The Kier molecular flexibility index (Phi) is 5.48. The van der Waals surface area contributed by atoms with Crippen molar-refractivity contribution in [3.8, 4) is 11.3 Å². The molecule has 25 heavy (non-hydrogen) atoms. The highest BCUT2D eigenvalue weighted by molar-refractivity contribution is 7.88. The lowest BCUT2D eigenvalue weighted by atomic mass is 9.93. The summed E-state index contributed by atoms with van der Waals surface area (Å²) in [5, 5.41) is 4.38. The number of rotatable bonds is 6. The van der Waals surface area contributed by atoms with E-state index in [1.165, 1.54) is 6.26 Å². The van der Waals surface area contributed by atoms with Crippen molar-refractivity contribution < 1.29 is 8.42 Å². The molecule has 8 heteroatoms. The monoisotopic (exact) mass is 363 g/mol. The van der Waals surface area contributed by atoms with E-state index in [1.807, 2.05) is 17.1 Å². The Hall–Kier alpha value is -1.80. The van der Waals surface area contributed by atoms with Gasteiger partial charge in [0.25, 0.3) is 0 Å². The quantitative estimate of drug-likeness (QED) is 0.784. The smallest absolute Gasteiger partial charge is 0.211 e. The van der Waals surface area contributed by atoms with E-state index >= 15 is 0 Å². The van der Waals surface area contributed by atoms with Crippen molar-refractivity contribution in [2.75, 3.05) is 19.3 Å². The highest BCUT2D eigenvalue weighted by atomic mass is 32.2. The maximum Gasteiger partial charge on any atom is 0.211 e. The molecule has 1 aliphatic rings.